The van der Waals surface area contributed by atoms with E-state index in [-0.39, 0.29) is 7.43 Å². The van der Waals surface area contributed by atoms with E-state index in [0.717, 1.165) is 31.9 Å². The molecule has 2 nitrogen and oxygen atoms in total. The first kappa shape index (κ1) is 11.2. The van der Waals surface area contributed by atoms with Crippen molar-refractivity contribution in [2.24, 2.45) is 4.99 Å². The lowest BCUT2D eigenvalue weighted by Crippen LogP contribution is -2.10. The second kappa shape index (κ2) is 6.89. The highest BCUT2D eigenvalue weighted by Gasteiger charge is 1.99. The summed E-state index contributed by atoms with van der Waals surface area (Å²) in [5, 5.41) is 0. The molecule has 0 aromatic rings. The van der Waals surface area contributed by atoms with E-state index >= 15 is 0 Å². The van der Waals surface area contributed by atoms with Crippen LogP contribution in [0, 0.1) is 7.43 Å². The fourth-order valence-electron chi connectivity index (χ4n) is 0.928. The van der Waals surface area contributed by atoms with E-state index in [4.69, 9.17) is 4.74 Å². The summed E-state index contributed by atoms with van der Waals surface area (Å²) in [5.41, 5.74) is 0. The van der Waals surface area contributed by atoms with Gasteiger partial charge in [0.15, 0.2) is 0 Å². The molecule has 2 heteroatoms. The lowest BCUT2D eigenvalue weighted by atomic mass is 10.3. The van der Waals surface area contributed by atoms with E-state index in [1.54, 1.807) is 0 Å². The maximum atomic E-state index is 5.29. The van der Waals surface area contributed by atoms with Gasteiger partial charge in [-0.05, 0) is 12.5 Å². The molecule has 0 atom stereocenters. The predicted octanol–water partition coefficient (Wildman–Crippen LogP) is 2.24. The molecule has 1 aliphatic rings. The maximum Gasteiger partial charge on any atom is 0.208 e. The fourth-order valence-corrected chi connectivity index (χ4v) is 0.928. The minimum absolute atomic E-state index is 0. The summed E-state index contributed by atoms with van der Waals surface area (Å²) in [6.07, 6.45) is 7.45. The lowest BCUT2D eigenvalue weighted by Gasteiger charge is -2.09. The standard InChI is InChI=1S/C9H15NO.C/c1-2-3-4-6-9-10-7-5-8-11-9;/h4,6H,2-3,5,7-8H2,1H3;. The van der Waals surface area contributed by atoms with Crippen LogP contribution in [0.1, 0.15) is 26.2 Å². The Bertz CT molecular complexity index is 161. The number of nitrogens with zero attached hydrogens (tertiary/aromatic N) is 1. The van der Waals surface area contributed by atoms with E-state index in [1.165, 1.54) is 6.42 Å². The van der Waals surface area contributed by atoms with Crippen LogP contribution in [0.4, 0.5) is 0 Å². The molecule has 0 saturated carbocycles. The van der Waals surface area contributed by atoms with Gasteiger partial charge in [-0.15, -0.1) is 0 Å². The van der Waals surface area contributed by atoms with Gasteiger partial charge in [0, 0.05) is 20.4 Å². The maximum absolute atomic E-state index is 5.29. The number of rotatable bonds is 3. The van der Waals surface area contributed by atoms with E-state index < -0.39 is 0 Å². The van der Waals surface area contributed by atoms with Gasteiger partial charge in [0.25, 0.3) is 0 Å². The molecule has 0 unspecified atom stereocenters. The van der Waals surface area contributed by atoms with Gasteiger partial charge in [0.2, 0.25) is 5.90 Å². The third-order valence-corrected chi connectivity index (χ3v) is 1.54. The molecule has 0 bridgehead atoms. The topological polar surface area (TPSA) is 21.6 Å². The largest absolute Gasteiger partial charge is 0.478 e. The molecule has 66 valence electrons. The average Bonchev–Trinajstić information content (AvgIpc) is 2.07. The summed E-state index contributed by atoms with van der Waals surface area (Å²) >= 11 is 0. The van der Waals surface area contributed by atoms with E-state index in [9.17, 15) is 0 Å². The zero-order valence-electron chi connectivity index (χ0n) is 7.55. The number of ether oxygens (including phenoxy) is 1. The molecule has 0 spiro atoms. The molecular weight excluding hydrogens is 150 g/mol. The van der Waals surface area contributed by atoms with Gasteiger partial charge in [-0.1, -0.05) is 19.4 Å². The van der Waals surface area contributed by atoms with Gasteiger partial charge in [-0.25, -0.2) is 0 Å². The van der Waals surface area contributed by atoms with Gasteiger partial charge in [-0.3, -0.25) is 4.99 Å². The predicted molar refractivity (Wildman–Crippen MR) is 50.2 cm³/mol. The van der Waals surface area contributed by atoms with Crippen LogP contribution < -0.4 is 0 Å². The van der Waals surface area contributed by atoms with Crippen molar-refractivity contribution in [3.05, 3.63) is 19.6 Å². The van der Waals surface area contributed by atoms with E-state index in [2.05, 4.69) is 18.0 Å². The van der Waals surface area contributed by atoms with Gasteiger partial charge < -0.3 is 4.74 Å². The molecule has 1 rings (SSSR count). The molecule has 0 fully saturated rings. The highest BCUT2D eigenvalue weighted by Crippen LogP contribution is 1.98. The highest BCUT2D eigenvalue weighted by atomic mass is 16.5. The fraction of sp³-hybridized carbons (Fsp3) is 0.600. The lowest BCUT2D eigenvalue weighted by molar-refractivity contribution is 0.285. The molecule has 1 aliphatic heterocycles. The number of hydrogen-bond acceptors (Lipinski definition) is 2. The van der Waals surface area contributed by atoms with E-state index in [1.807, 2.05) is 6.08 Å². The SMILES string of the molecule is CCCC=CC1=NCCCO1.[C]. The molecule has 12 heavy (non-hydrogen) atoms. The second-order valence-electron chi connectivity index (χ2n) is 2.61. The van der Waals surface area contributed by atoms with Crippen molar-refractivity contribution in [3.63, 3.8) is 0 Å². The summed E-state index contributed by atoms with van der Waals surface area (Å²) in [4.78, 5) is 4.21. The van der Waals surface area contributed by atoms with Gasteiger partial charge in [0.05, 0.1) is 6.61 Å². The molecule has 0 aliphatic carbocycles. The average molecular weight is 165 g/mol. The van der Waals surface area contributed by atoms with Crippen molar-refractivity contribution >= 4 is 5.90 Å². The third-order valence-electron chi connectivity index (χ3n) is 1.54. The van der Waals surface area contributed by atoms with Crippen LogP contribution in [0.25, 0.3) is 0 Å². The first-order valence-corrected chi connectivity index (χ1v) is 4.27. The zero-order valence-corrected chi connectivity index (χ0v) is 7.55. The minimum Gasteiger partial charge on any atom is -0.478 e. The Hall–Kier alpha value is -0.790. The van der Waals surface area contributed by atoms with Crippen LogP contribution in [0.15, 0.2) is 17.1 Å². The van der Waals surface area contributed by atoms with Crippen LogP contribution in [0.3, 0.4) is 0 Å². The summed E-state index contributed by atoms with van der Waals surface area (Å²) in [6, 6.07) is 0. The molecule has 0 aromatic carbocycles. The van der Waals surface area contributed by atoms with Crippen LogP contribution in [-0.4, -0.2) is 19.0 Å². The molecule has 0 N–H and O–H groups in total. The minimum atomic E-state index is 0. The van der Waals surface area contributed by atoms with Crippen molar-refractivity contribution < 1.29 is 4.74 Å². The van der Waals surface area contributed by atoms with E-state index in [0.29, 0.717) is 0 Å². The summed E-state index contributed by atoms with van der Waals surface area (Å²) in [7, 11) is 0. The summed E-state index contributed by atoms with van der Waals surface area (Å²) in [5.74, 6) is 0.810. The second-order valence-corrected chi connectivity index (χ2v) is 2.61. The normalized spacial score (nSPS) is 16.6. The van der Waals surface area contributed by atoms with Crippen molar-refractivity contribution in [1.82, 2.24) is 0 Å². The zero-order chi connectivity index (χ0) is 7.94. The van der Waals surface area contributed by atoms with Crippen molar-refractivity contribution in [3.8, 4) is 0 Å². The number of unbranched alkanes of at least 4 members (excludes halogenated alkanes) is 1. The Morgan fingerprint density at radius 3 is 3.00 bits per heavy atom. The Labute approximate surface area is 75.3 Å². The molecule has 4 radical (unpaired) electrons. The molecule has 0 amide bonds. The Morgan fingerprint density at radius 1 is 1.58 bits per heavy atom. The number of allylic oxidation sites excluding steroid dienone is 1. The van der Waals surface area contributed by atoms with Crippen molar-refractivity contribution in [2.75, 3.05) is 13.2 Å². The molecule has 1 heterocycles. The highest BCUT2D eigenvalue weighted by molar-refractivity contribution is 5.87. The van der Waals surface area contributed by atoms with Crippen molar-refractivity contribution in [1.29, 1.82) is 0 Å². The van der Waals surface area contributed by atoms with Crippen LogP contribution in [0.5, 0.6) is 0 Å². The Morgan fingerprint density at radius 2 is 2.42 bits per heavy atom. The Balaban J connectivity index is 0.00000121. The van der Waals surface area contributed by atoms with Crippen LogP contribution in [0.2, 0.25) is 0 Å². The number of hydrogen-bond donors (Lipinski definition) is 0. The molecule has 0 aromatic heterocycles. The van der Waals surface area contributed by atoms with Gasteiger partial charge in [0.1, 0.15) is 0 Å². The quantitative estimate of drug-likeness (QED) is 0.628. The van der Waals surface area contributed by atoms with Crippen molar-refractivity contribution in [2.45, 2.75) is 26.2 Å². The van der Waals surface area contributed by atoms with Gasteiger partial charge >= 0.3 is 0 Å². The monoisotopic (exact) mass is 165 g/mol. The first-order chi connectivity index (χ1) is 5.43. The molecule has 0 saturated heterocycles. The van der Waals surface area contributed by atoms with Crippen LogP contribution in [-0.2, 0) is 4.74 Å². The third kappa shape index (κ3) is 4.16. The summed E-state index contributed by atoms with van der Waals surface area (Å²) < 4.78 is 5.29. The Kier molecular flexibility index (Phi) is 6.44. The first-order valence-electron chi connectivity index (χ1n) is 4.27. The van der Waals surface area contributed by atoms with Crippen LogP contribution >= 0.6 is 0 Å². The summed E-state index contributed by atoms with van der Waals surface area (Å²) in [6.45, 7) is 3.91. The number of aliphatic imine (C=N–C) groups is 1. The van der Waals surface area contributed by atoms with Gasteiger partial charge in [-0.2, -0.15) is 0 Å². The smallest absolute Gasteiger partial charge is 0.208 e. The molecular formula is C10H15NO.